The molecule has 4 atom stereocenters. The van der Waals surface area contributed by atoms with Crippen molar-refractivity contribution >= 4 is 11.9 Å². The van der Waals surface area contributed by atoms with Crippen molar-refractivity contribution in [3.05, 3.63) is 47.5 Å². The van der Waals surface area contributed by atoms with Crippen LogP contribution < -0.4 is 11.5 Å². The van der Waals surface area contributed by atoms with Crippen LogP contribution in [0.15, 0.2) is 36.4 Å². The van der Waals surface area contributed by atoms with Crippen molar-refractivity contribution in [2.24, 2.45) is 11.5 Å². The van der Waals surface area contributed by atoms with Crippen LogP contribution in [-0.2, 0) is 31.9 Å². The van der Waals surface area contributed by atoms with Crippen molar-refractivity contribution in [2.45, 2.75) is 58.4 Å². The maximum Gasteiger partial charge on any atom is 0.323 e. The molecule has 208 valence electrons. The lowest BCUT2D eigenvalue weighted by molar-refractivity contribution is -0.151. The van der Waals surface area contributed by atoms with E-state index in [0.29, 0.717) is 11.1 Å². The van der Waals surface area contributed by atoms with Crippen LogP contribution in [0.2, 0.25) is 0 Å². The van der Waals surface area contributed by atoms with E-state index in [4.69, 9.17) is 41.4 Å². The highest BCUT2D eigenvalue weighted by Gasteiger charge is 2.19. The molecule has 0 saturated heterocycles. The molecule has 12 nitrogen and oxygen atoms in total. The minimum absolute atomic E-state index is 0. The highest BCUT2D eigenvalue weighted by atomic mass is 16.6. The SMILES string of the molecule is C.CC(CO)OC(=O)[C@@H](N)Cc1ccc(O)c(O)c1.CC(O)COC(=O)[C@@H](N)Cc1ccc(O)c(O)c1. The average molecular weight is 527 g/mol. The molecule has 2 unspecified atom stereocenters. The van der Waals surface area contributed by atoms with Crippen molar-refractivity contribution in [2.75, 3.05) is 13.2 Å². The number of rotatable bonds is 10. The highest BCUT2D eigenvalue weighted by Crippen LogP contribution is 2.26. The van der Waals surface area contributed by atoms with Crippen molar-refractivity contribution in [1.82, 2.24) is 0 Å². The summed E-state index contributed by atoms with van der Waals surface area (Å²) in [4.78, 5) is 22.9. The Morgan fingerprint density at radius 3 is 1.62 bits per heavy atom. The molecule has 0 saturated carbocycles. The predicted molar refractivity (Wildman–Crippen MR) is 135 cm³/mol. The van der Waals surface area contributed by atoms with Gasteiger partial charge in [-0.15, -0.1) is 0 Å². The van der Waals surface area contributed by atoms with Gasteiger partial charge in [0.05, 0.1) is 12.7 Å². The Kier molecular flexibility index (Phi) is 14.7. The minimum atomic E-state index is -0.886. The van der Waals surface area contributed by atoms with E-state index in [-0.39, 0.29) is 56.5 Å². The molecule has 0 heterocycles. The van der Waals surface area contributed by atoms with Crippen LogP contribution in [0.3, 0.4) is 0 Å². The maximum atomic E-state index is 11.5. The van der Waals surface area contributed by atoms with E-state index in [0.717, 1.165) is 0 Å². The molecule has 0 aliphatic rings. The third-order valence-corrected chi connectivity index (χ3v) is 4.64. The van der Waals surface area contributed by atoms with E-state index in [1.54, 1.807) is 19.1 Å². The van der Waals surface area contributed by atoms with E-state index >= 15 is 0 Å². The molecule has 0 aliphatic heterocycles. The fourth-order valence-corrected chi connectivity index (χ4v) is 2.70. The molecule has 2 rings (SSSR count). The summed E-state index contributed by atoms with van der Waals surface area (Å²) in [5.41, 5.74) is 12.5. The lowest BCUT2D eigenvalue weighted by atomic mass is 10.1. The van der Waals surface area contributed by atoms with Crippen LogP contribution in [0.25, 0.3) is 0 Å². The number of phenolic OH excluding ortho intramolecular Hbond substituents is 4. The summed E-state index contributed by atoms with van der Waals surface area (Å²) >= 11 is 0. The van der Waals surface area contributed by atoms with Gasteiger partial charge in [0.25, 0.3) is 0 Å². The zero-order valence-electron chi connectivity index (χ0n) is 20.1. The third-order valence-electron chi connectivity index (χ3n) is 4.64. The maximum absolute atomic E-state index is 11.5. The molecule has 0 aromatic heterocycles. The first kappa shape index (κ1) is 33.4. The van der Waals surface area contributed by atoms with E-state index < -0.39 is 36.2 Å². The Morgan fingerprint density at radius 1 is 0.811 bits per heavy atom. The number of phenols is 4. The van der Waals surface area contributed by atoms with E-state index in [1.807, 2.05) is 0 Å². The highest BCUT2D eigenvalue weighted by molar-refractivity contribution is 5.76. The van der Waals surface area contributed by atoms with Crippen LogP contribution in [0.1, 0.15) is 32.4 Å². The molecule has 37 heavy (non-hydrogen) atoms. The van der Waals surface area contributed by atoms with Gasteiger partial charge in [0.1, 0.15) is 24.8 Å². The first-order valence-electron chi connectivity index (χ1n) is 11.0. The molecule has 0 spiro atoms. The van der Waals surface area contributed by atoms with Crippen molar-refractivity contribution < 1.29 is 49.7 Å². The molecule has 0 aliphatic carbocycles. The lowest BCUT2D eigenvalue weighted by Crippen LogP contribution is -2.36. The van der Waals surface area contributed by atoms with Gasteiger partial charge in [-0.25, -0.2) is 0 Å². The molecule has 2 aromatic rings. The van der Waals surface area contributed by atoms with Crippen LogP contribution in [0.5, 0.6) is 23.0 Å². The third kappa shape index (κ3) is 12.3. The van der Waals surface area contributed by atoms with Crippen molar-refractivity contribution in [3.63, 3.8) is 0 Å². The number of benzene rings is 2. The number of nitrogens with two attached hydrogens (primary N) is 2. The second-order valence-corrected chi connectivity index (χ2v) is 8.18. The Morgan fingerprint density at radius 2 is 1.24 bits per heavy atom. The molecule has 0 amide bonds. The summed E-state index contributed by atoms with van der Waals surface area (Å²) in [6.07, 6.45) is -0.993. The molecule has 12 heteroatoms. The first-order valence-corrected chi connectivity index (χ1v) is 11.0. The number of carbonyl (C=O) groups is 2. The van der Waals surface area contributed by atoms with Crippen LogP contribution in [0, 0.1) is 0 Å². The van der Waals surface area contributed by atoms with Gasteiger partial charge in [0.15, 0.2) is 23.0 Å². The largest absolute Gasteiger partial charge is 0.504 e. The monoisotopic (exact) mass is 526 g/mol. The summed E-state index contributed by atoms with van der Waals surface area (Å²) in [5.74, 6) is -2.24. The standard InChI is InChI=1S/2C12H17NO5.CH4/c1-7(14)6-18-12(17)9(13)4-8-2-3-10(15)11(16)5-8;1-7(6-14)18-12(17)9(13)4-8-2-3-10(15)11(16)5-8;/h2*2-3,5,7,9,14-16H,4,6,13H2,1H3;1H4/t2*7?,9-;/m00./s1. The van der Waals surface area contributed by atoms with Crippen LogP contribution in [0.4, 0.5) is 0 Å². The molecule has 2 aromatic carbocycles. The fraction of sp³-hybridized carbons (Fsp3) is 0.440. The average Bonchev–Trinajstić information content (AvgIpc) is 2.82. The normalized spacial score (nSPS) is 13.6. The van der Waals surface area contributed by atoms with Crippen molar-refractivity contribution in [1.29, 1.82) is 0 Å². The van der Waals surface area contributed by atoms with Gasteiger partial charge in [0, 0.05) is 0 Å². The quantitative estimate of drug-likeness (QED) is 0.156. The lowest BCUT2D eigenvalue weighted by Gasteiger charge is -2.15. The van der Waals surface area contributed by atoms with Gasteiger partial charge in [-0.3, -0.25) is 9.59 Å². The fourth-order valence-electron chi connectivity index (χ4n) is 2.70. The first-order chi connectivity index (χ1) is 16.8. The van der Waals surface area contributed by atoms with Gasteiger partial charge in [-0.2, -0.15) is 0 Å². The van der Waals surface area contributed by atoms with E-state index in [9.17, 15) is 19.8 Å². The molecular weight excluding hydrogens is 488 g/mol. The number of ether oxygens (including phenoxy) is 2. The summed E-state index contributed by atoms with van der Waals surface area (Å²) in [6, 6.07) is 6.64. The van der Waals surface area contributed by atoms with Gasteiger partial charge in [0.2, 0.25) is 0 Å². The number of carbonyl (C=O) groups excluding carboxylic acids is 2. The molecule has 0 bridgehead atoms. The zero-order chi connectivity index (χ0) is 27.4. The van der Waals surface area contributed by atoms with Crippen LogP contribution in [-0.4, -0.2) is 80.1 Å². The van der Waals surface area contributed by atoms with Gasteiger partial charge in [-0.05, 0) is 62.1 Å². The smallest absolute Gasteiger partial charge is 0.323 e. The molecule has 0 radical (unpaired) electrons. The Hall–Kier alpha value is -3.58. The number of hydrogen-bond acceptors (Lipinski definition) is 12. The number of esters is 2. The number of hydrogen-bond donors (Lipinski definition) is 8. The minimum Gasteiger partial charge on any atom is -0.504 e. The molecular formula is C25H38N2O10. The van der Waals surface area contributed by atoms with Gasteiger partial charge < -0.3 is 51.6 Å². The van der Waals surface area contributed by atoms with Crippen LogP contribution >= 0.6 is 0 Å². The number of aliphatic hydroxyl groups is 2. The number of aromatic hydroxyl groups is 4. The second kappa shape index (κ2) is 16.2. The van der Waals surface area contributed by atoms with E-state index in [2.05, 4.69) is 0 Å². The summed E-state index contributed by atoms with van der Waals surface area (Å²) in [6.45, 7) is 2.68. The second-order valence-electron chi connectivity index (χ2n) is 8.18. The Bertz CT molecular complexity index is 999. The zero-order valence-corrected chi connectivity index (χ0v) is 20.1. The summed E-state index contributed by atoms with van der Waals surface area (Å²) < 4.78 is 9.63. The molecule has 0 fully saturated rings. The topological polar surface area (TPSA) is 226 Å². The predicted octanol–water partition coefficient (Wildman–Crippen LogP) is 0.419. The van der Waals surface area contributed by atoms with Crippen molar-refractivity contribution in [3.8, 4) is 23.0 Å². The summed E-state index contributed by atoms with van der Waals surface area (Å²) in [5, 5.41) is 54.6. The number of aliphatic hydroxyl groups excluding tert-OH is 2. The van der Waals surface area contributed by atoms with Gasteiger partial charge >= 0.3 is 11.9 Å². The van der Waals surface area contributed by atoms with E-state index in [1.165, 1.54) is 31.2 Å². The molecule has 10 N–H and O–H groups in total. The Labute approximate surface area is 215 Å². The summed E-state index contributed by atoms with van der Waals surface area (Å²) in [7, 11) is 0. The van der Waals surface area contributed by atoms with Gasteiger partial charge in [-0.1, -0.05) is 19.6 Å². The Balaban J connectivity index is 0.000000682.